The zero-order chi connectivity index (χ0) is 14.7. The maximum absolute atomic E-state index is 11.9. The van der Waals surface area contributed by atoms with Gasteiger partial charge < -0.3 is 10.5 Å². The average Bonchev–Trinajstić information content (AvgIpc) is 2.43. The molecular weight excluding hydrogens is 278 g/mol. The van der Waals surface area contributed by atoms with Crippen molar-refractivity contribution in [1.82, 2.24) is 9.78 Å². The van der Waals surface area contributed by atoms with Crippen molar-refractivity contribution in [3.63, 3.8) is 0 Å². The number of ether oxygens (including phenoxy) is 1. The van der Waals surface area contributed by atoms with Crippen LogP contribution < -0.4 is 16.0 Å². The third-order valence-electron chi connectivity index (χ3n) is 2.87. The second-order valence-corrected chi connectivity index (χ2v) is 4.79. The van der Waals surface area contributed by atoms with Crippen molar-refractivity contribution in [2.75, 3.05) is 12.8 Å². The molecule has 1 aromatic heterocycles. The lowest BCUT2D eigenvalue weighted by Crippen LogP contribution is -2.25. The fourth-order valence-corrected chi connectivity index (χ4v) is 2.11. The van der Waals surface area contributed by atoms with E-state index in [0.717, 1.165) is 6.42 Å². The van der Waals surface area contributed by atoms with E-state index in [1.54, 1.807) is 31.4 Å². The zero-order valence-electron chi connectivity index (χ0n) is 11.4. The van der Waals surface area contributed by atoms with E-state index < -0.39 is 0 Å². The molecule has 0 aliphatic carbocycles. The maximum atomic E-state index is 11.9. The van der Waals surface area contributed by atoms with Gasteiger partial charge in [0.25, 0.3) is 5.56 Å². The molecule has 0 radical (unpaired) electrons. The van der Waals surface area contributed by atoms with E-state index in [1.807, 2.05) is 6.92 Å². The first-order chi connectivity index (χ1) is 9.56. The molecule has 0 fully saturated rings. The summed E-state index contributed by atoms with van der Waals surface area (Å²) in [4.78, 5) is 11.9. The molecular formula is C14H16ClN3O2. The normalized spacial score (nSPS) is 10.6. The van der Waals surface area contributed by atoms with Crippen LogP contribution in [-0.4, -0.2) is 16.9 Å². The Morgan fingerprint density at radius 1 is 1.40 bits per heavy atom. The number of hydrogen-bond acceptors (Lipinski definition) is 4. The summed E-state index contributed by atoms with van der Waals surface area (Å²) in [5.41, 5.74) is 6.92. The van der Waals surface area contributed by atoms with E-state index in [4.69, 9.17) is 22.1 Å². The third kappa shape index (κ3) is 2.77. The first kappa shape index (κ1) is 14.4. The summed E-state index contributed by atoms with van der Waals surface area (Å²) in [6, 6.07) is 6.77. The molecule has 0 saturated carbocycles. The third-order valence-corrected chi connectivity index (χ3v) is 3.11. The Balaban J connectivity index is 2.63. The van der Waals surface area contributed by atoms with Crippen LogP contribution in [0.4, 0.5) is 5.69 Å². The molecule has 1 aromatic carbocycles. The largest absolute Gasteiger partial charge is 0.496 e. The van der Waals surface area contributed by atoms with Gasteiger partial charge in [0.1, 0.15) is 11.4 Å². The Hall–Kier alpha value is -2.01. The summed E-state index contributed by atoms with van der Waals surface area (Å²) in [6.07, 6.45) is 0.794. The molecule has 20 heavy (non-hydrogen) atoms. The second kappa shape index (κ2) is 5.96. The minimum Gasteiger partial charge on any atom is -0.496 e. The standard InChI is InChI=1S/C14H16ClN3O2/c1-3-6-18-14(19)11(16)8-12(17-18)10-7-9(15)4-5-13(10)20-2/h4-5,7-8H,3,6,16H2,1-2H3. The van der Waals surface area contributed by atoms with Crippen LogP contribution >= 0.6 is 11.6 Å². The summed E-state index contributed by atoms with van der Waals surface area (Å²) >= 11 is 6.01. The van der Waals surface area contributed by atoms with Crippen molar-refractivity contribution in [3.05, 3.63) is 39.6 Å². The molecule has 106 valence electrons. The first-order valence-corrected chi connectivity index (χ1v) is 6.66. The molecule has 5 nitrogen and oxygen atoms in total. The van der Waals surface area contributed by atoms with Crippen LogP contribution in [0.5, 0.6) is 5.75 Å². The lowest BCUT2D eigenvalue weighted by Gasteiger charge is -2.11. The summed E-state index contributed by atoms with van der Waals surface area (Å²) in [7, 11) is 1.57. The van der Waals surface area contributed by atoms with Gasteiger partial charge in [-0.05, 0) is 30.7 Å². The van der Waals surface area contributed by atoms with Gasteiger partial charge in [0.15, 0.2) is 0 Å². The monoisotopic (exact) mass is 293 g/mol. The number of halogens is 1. The van der Waals surface area contributed by atoms with Gasteiger partial charge in [-0.3, -0.25) is 4.79 Å². The summed E-state index contributed by atoms with van der Waals surface area (Å²) in [5.74, 6) is 0.628. The van der Waals surface area contributed by atoms with Crippen molar-refractivity contribution < 1.29 is 4.74 Å². The molecule has 0 bridgehead atoms. The van der Waals surface area contributed by atoms with Crippen LogP contribution in [0.1, 0.15) is 13.3 Å². The minimum atomic E-state index is -0.281. The molecule has 0 spiro atoms. The Morgan fingerprint density at radius 3 is 2.80 bits per heavy atom. The predicted octanol–water partition coefficient (Wildman–Crippen LogP) is 2.56. The smallest absolute Gasteiger partial charge is 0.289 e. The summed E-state index contributed by atoms with van der Waals surface area (Å²) < 4.78 is 6.66. The molecule has 0 aliphatic rings. The lowest BCUT2D eigenvalue weighted by molar-refractivity contribution is 0.416. The van der Waals surface area contributed by atoms with Crippen molar-refractivity contribution in [2.24, 2.45) is 0 Å². The number of nitrogen functional groups attached to an aromatic ring is 1. The number of aryl methyl sites for hydroxylation is 1. The SMILES string of the molecule is CCCn1nc(-c2cc(Cl)ccc2OC)cc(N)c1=O. The fourth-order valence-electron chi connectivity index (χ4n) is 1.94. The number of nitrogens with two attached hydrogens (primary N) is 1. The highest BCUT2D eigenvalue weighted by Gasteiger charge is 2.12. The molecule has 2 aromatic rings. The number of methoxy groups -OCH3 is 1. The lowest BCUT2D eigenvalue weighted by atomic mass is 10.1. The van der Waals surface area contributed by atoms with E-state index in [0.29, 0.717) is 28.6 Å². The molecule has 0 saturated heterocycles. The van der Waals surface area contributed by atoms with Gasteiger partial charge in [-0.1, -0.05) is 18.5 Å². The van der Waals surface area contributed by atoms with Crippen LogP contribution in [0.3, 0.4) is 0 Å². The van der Waals surface area contributed by atoms with Gasteiger partial charge in [-0.25, -0.2) is 4.68 Å². The first-order valence-electron chi connectivity index (χ1n) is 6.28. The topological polar surface area (TPSA) is 70.1 Å². The van der Waals surface area contributed by atoms with Crippen LogP contribution in [0.2, 0.25) is 5.02 Å². The Morgan fingerprint density at radius 2 is 2.15 bits per heavy atom. The Labute approximate surface area is 121 Å². The maximum Gasteiger partial charge on any atom is 0.289 e. The van der Waals surface area contributed by atoms with Gasteiger partial charge in [0.05, 0.1) is 12.8 Å². The van der Waals surface area contributed by atoms with E-state index >= 15 is 0 Å². The van der Waals surface area contributed by atoms with Crippen LogP contribution in [0.15, 0.2) is 29.1 Å². The highest BCUT2D eigenvalue weighted by molar-refractivity contribution is 6.30. The Kier molecular flexibility index (Phi) is 4.29. The Bertz CT molecular complexity index is 683. The quantitative estimate of drug-likeness (QED) is 0.940. The minimum absolute atomic E-state index is 0.158. The molecule has 2 rings (SSSR count). The van der Waals surface area contributed by atoms with Crippen LogP contribution in [-0.2, 0) is 6.54 Å². The van der Waals surface area contributed by atoms with Gasteiger partial charge in [-0.2, -0.15) is 5.10 Å². The molecule has 0 unspecified atom stereocenters. The highest BCUT2D eigenvalue weighted by atomic mass is 35.5. The van der Waals surface area contributed by atoms with Crippen molar-refractivity contribution in [3.8, 4) is 17.0 Å². The fraction of sp³-hybridized carbons (Fsp3) is 0.286. The van der Waals surface area contributed by atoms with Crippen molar-refractivity contribution >= 4 is 17.3 Å². The number of rotatable bonds is 4. The van der Waals surface area contributed by atoms with Gasteiger partial charge in [-0.15, -0.1) is 0 Å². The molecule has 0 amide bonds. The number of anilines is 1. The van der Waals surface area contributed by atoms with Crippen molar-refractivity contribution in [1.29, 1.82) is 0 Å². The molecule has 2 N–H and O–H groups in total. The zero-order valence-corrected chi connectivity index (χ0v) is 12.1. The van der Waals surface area contributed by atoms with Gasteiger partial charge in [0.2, 0.25) is 0 Å². The van der Waals surface area contributed by atoms with Gasteiger partial charge >= 0.3 is 0 Å². The van der Waals surface area contributed by atoms with Crippen molar-refractivity contribution in [2.45, 2.75) is 19.9 Å². The van der Waals surface area contributed by atoms with Crippen LogP contribution in [0, 0.1) is 0 Å². The molecule has 0 atom stereocenters. The average molecular weight is 294 g/mol. The number of nitrogens with zero attached hydrogens (tertiary/aromatic N) is 2. The molecule has 6 heteroatoms. The van der Waals surface area contributed by atoms with E-state index in [9.17, 15) is 4.79 Å². The predicted molar refractivity (Wildman–Crippen MR) is 80.2 cm³/mol. The second-order valence-electron chi connectivity index (χ2n) is 4.36. The molecule has 1 heterocycles. The summed E-state index contributed by atoms with van der Waals surface area (Å²) in [5, 5.41) is 4.89. The highest BCUT2D eigenvalue weighted by Crippen LogP contribution is 2.31. The van der Waals surface area contributed by atoms with E-state index in [1.165, 1.54) is 4.68 Å². The van der Waals surface area contributed by atoms with E-state index in [2.05, 4.69) is 5.10 Å². The number of hydrogen-bond donors (Lipinski definition) is 1. The van der Waals surface area contributed by atoms with Gasteiger partial charge in [0, 0.05) is 17.1 Å². The number of benzene rings is 1. The van der Waals surface area contributed by atoms with E-state index in [-0.39, 0.29) is 11.2 Å². The van der Waals surface area contributed by atoms with Crippen LogP contribution in [0.25, 0.3) is 11.3 Å². The number of aromatic nitrogens is 2. The molecule has 0 aliphatic heterocycles. The summed E-state index contributed by atoms with van der Waals surface area (Å²) in [6.45, 7) is 2.48.